The molecule has 0 aliphatic carbocycles. The van der Waals surface area contributed by atoms with Crippen molar-refractivity contribution in [3.8, 4) is 0 Å². The lowest BCUT2D eigenvalue weighted by atomic mass is 9.89. The normalized spacial score (nSPS) is 18.5. The van der Waals surface area contributed by atoms with E-state index in [9.17, 15) is 29.4 Å². The summed E-state index contributed by atoms with van der Waals surface area (Å²) in [5.41, 5.74) is 10.8. The molecule has 2 aromatic rings. The van der Waals surface area contributed by atoms with Gasteiger partial charge in [-0.3, -0.25) is 14.5 Å². The standard InChI is InChI=1S/C28H34N8O7S2/c1-4-5-8-31-17-11-35(14-32-22(17)29)9-6-7-15-12-44-24-16(23(38)36(24)21(15)25(39)40)10-19(37)20(18-13-45-27(30)33-18)34-43-28(2,3)26(41)42/h6-7,11,13-14,16,24,29,31H,4-5,8-10,12H2,1-3H3,(H4,30,33,39,40,41,42)/p+1/b7-6+,34-20-/t16-,24?/m1/s1. The molecule has 0 bridgehead atoms. The summed E-state index contributed by atoms with van der Waals surface area (Å²) in [5, 5.41) is 27.5. The lowest BCUT2D eigenvalue weighted by Crippen LogP contribution is -2.62. The summed E-state index contributed by atoms with van der Waals surface area (Å²) in [5.74, 6) is -3.85. The number of ketones is 1. The van der Waals surface area contributed by atoms with E-state index in [2.05, 4.69) is 27.4 Å². The van der Waals surface area contributed by atoms with Crippen molar-refractivity contribution in [2.45, 2.75) is 57.6 Å². The number of amides is 1. The van der Waals surface area contributed by atoms with Gasteiger partial charge in [-0.25, -0.2) is 19.1 Å². The molecule has 0 radical (unpaired) electrons. The van der Waals surface area contributed by atoms with Gasteiger partial charge in [-0.1, -0.05) is 24.6 Å². The van der Waals surface area contributed by atoms with E-state index < -0.39 is 40.5 Å². The monoisotopic (exact) mass is 659 g/mol. The van der Waals surface area contributed by atoms with Crippen LogP contribution >= 0.6 is 23.1 Å². The molecule has 1 fully saturated rings. The molecule has 1 unspecified atom stereocenters. The van der Waals surface area contributed by atoms with Crippen molar-refractivity contribution in [3.05, 3.63) is 47.0 Å². The first-order valence-corrected chi connectivity index (χ1v) is 16.0. The van der Waals surface area contributed by atoms with Crippen molar-refractivity contribution >= 4 is 69.1 Å². The van der Waals surface area contributed by atoms with E-state index in [0.29, 0.717) is 29.4 Å². The van der Waals surface area contributed by atoms with Crippen molar-refractivity contribution < 1.29 is 38.8 Å². The van der Waals surface area contributed by atoms with E-state index in [-0.39, 0.29) is 28.7 Å². The summed E-state index contributed by atoms with van der Waals surface area (Å²) in [6.45, 7) is 5.77. The van der Waals surface area contributed by atoms with Crippen LogP contribution in [0.5, 0.6) is 0 Å². The number of oxime groups is 1. The van der Waals surface area contributed by atoms with Crippen LogP contribution in [0, 0.1) is 5.92 Å². The number of nitrogen functional groups attached to an aromatic ring is 2. The number of carboxylic acids is 2. The number of carboxylic acid groups (broad SMARTS) is 2. The third-order valence-corrected chi connectivity index (χ3v) is 9.05. The Morgan fingerprint density at radius 2 is 2.07 bits per heavy atom. The summed E-state index contributed by atoms with van der Waals surface area (Å²) in [7, 11) is 0. The number of thioether (sulfide) groups is 1. The average molecular weight is 660 g/mol. The molecule has 4 heterocycles. The number of allylic oxidation sites excluding steroid dienone is 2. The maximum absolute atomic E-state index is 13.4. The van der Waals surface area contributed by atoms with Crippen LogP contribution in [0.1, 0.15) is 45.7 Å². The predicted octanol–water partition coefficient (Wildman–Crippen LogP) is 1.87. The fourth-order valence-corrected chi connectivity index (χ4v) is 6.40. The van der Waals surface area contributed by atoms with Gasteiger partial charge < -0.3 is 31.8 Å². The Balaban J connectivity index is 1.48. The Kier molecular flexibility index (Phi) is 10.4. The largest absolute Gasteiger partial charge is 0.478 e. The molecule has 1 saturated heterocycles. The first kappa shape index (κ1) is 33.4. The number of Topliss-reactive ketones (excluding diaryl/α,β-unsaturated/α-hetero) is 1. The van der Waals surface area contributed by atoms with Gasteiger partial charge in [0.2, 0.25) is 11.5 Å². The Hall–Kier alpha value is -4.51. The highest BCUT2D eigenvalue weighted by atomic mass is 32.2. The van der Waals surface area contributed by atoms with Crippen molar-refractivity contribution in [2.24, 2.45) is 11.1 Å². The number of nitrogens with two attached hydrogens (primary N) is 2. The number of carbonyl (C=O) groups excluding carboxylic acids is 2. The highest BCUT2D eigenvalue weighted by Gasteiger charge is 2.54. The van der Waals surface area contributed by atoms with Gasteiger partial charge in [0.25, 0.3) is 12.1 Å². The smallest absolute Gasteiger partial charge is 0.352 e. The Bertz CT molecular complexity index is 1590. The number of fused-ring (bicyclic) bond motifs is 1. The van der Waals surface area contributed by atoms with Gasteiger partial charge in [0, 0.05) is 24.1 Å². The highest BCUT2D eigenvalue weighted by molar-refractivity contribution is 8.00. The second kappa shape index (κ2) is 14.1. The quantitative estimate of drug-likeness (QED) is 0.0606. The Morgan fingerprint density at radius 1 is 1.31 bits per heavy atom. The number of unbranched alkanes of at least 4 members (excludes halogenated alkanes) is 1. The number of aromatic nitrogens is 3. The van der Waals surface area contributed by atoms with Crippen molar-refractivity contribution in [3.63, 3.8) is 0 Å². The minimum atomic E-state index is -1.74. The van der Waals surface area contributed by atoms with Gasteiger partial charge in [0.15, 0.2) is 16.6 Å². The van der Waals surface area contributed by atoms with E-state index in [0.717, 1.165) is 30.7 Å². The highest BCUT2D eigenvalue weighted by Crippen LogP contribution is 2.45. The van der Waals surface area contributed by atoms with E-state index in [1.807, 2.05) is 6.20 Å². The minimum Gasteiger partial charge on any atom is -0.478 e. The Labute approximate surface area is 267 Å². The number of thiazole rings is 1. The van der Waals surface area contributed by atoms with E-state index >= 15 is 0 Å². The third kappa shape index (κ3) is 7.59. The van der Waals surface area contributed by atoms with E-state index in [1.54, 1.807) is 23.0 Å². The molecule has 0 spiro atoms. The summed E-state index contributed by atoms with van der Waals surface area (Å²) in [4.78, 5) is 65.0. The number of rotatable bonds is 15. The fourth-order valence-electron chi connectivity index (χ4n) is 4.46. The van der Waals surface area contributed by atoms with Crippen molar-refractivity contribution in [2.75, 3.05) is 29.1 Å². The fraction of sp³-hybridized carbons (Fsp3) is 0.429. The molecule has 1 amide bonds. The van der Waals surface area contributed by atoms with Gasteiger partial charge in [0.1, 0.15) is 29.8 Å². The molecule has 4 rings (SSSR count). The molecule has 240 valence electrons. The predicted molar refractivity (Wildman–Crippen MR) is 168 cm³/mol. The molecule has 2 aliphatic rings. The summed E-state index contributed by atoms with van der Waals surface area (Å²) in [6, 6.07) is 0. The van der Waals surface area contributed by atoms with Crippen LogP contribution in [0.4, 0.5) is 16.6 Å². The number of nitrogens with one attached hydrogen (secondary N) is 1. The summed E-state index contributed by atoms with van der Waals surface area (Å²) >= 11 is 2.40. The van der Waals surface area contributed by atoms with Crippen molar-refractivity contribution in [1.82, 2.24) is 14.9 Å². The molecule has 2 aromatic heterocycles. The van der Waals surface area contributed by atoms with Crippen LogP contribution < -0.4 is 21.4 Å². The first-order chi connectivity index (χ1) is 21.3. The number of hydrogen-bond acceptors (Lipinski definition) is 13. The van der Waals surface area contributed by atoms with Crippen LogP contribution in [0.25, 0.3) is 0 Å². The molecule has 0 saturated carbocycles. The lowest BCUT2D eigenvalue weighted by Gasteiger charge is -2.49. The lowest BCUT2D eigenvalue weighted by molar-refractivity contribution is -0.689. The summed E-state index contributed by atoms with van der Waals surface area (Å²) < 4.78 is 1.80. The molecule has 15 nitrogen and oxygen atoms in total. The zero-order valence-electron chi connectivity index (χ0n) is 24.9. The van der Waals surface area contributed by atoms with E-state index in [1.165, 1.54) is 35.9 Å². The number of β-lactam (4-membered cyclic amide) rings is 1. The molecule has 0 aromatic carbocycles. The third-order valence-electron chi connectivity index (χ3n) is 7.02. The summed E-state index contributed by atoms with van der Waals surface area (Å²) in [6.07, 6.45) is 8.56. The second-order valence-electron chi connectivity index (χ2n) is 10.8. The van der Waals surface area contributed by atoms with Crippen LogP contribution in [-0.2, 0) is 30.6 Å². The second-order valence-corrected chi connectivity index (χ2v) is 12.8. The van der Waals surface area contributed by atoms with Crippen molar-refractivity contribution in [1.29, 1.82) is 0 Å². The van der Waals surface area contributed by atoms with Gasteiger partial charge in [-0.2, -0.15) is 0 Å². The van der Waals surface area contributed by atoms with E-state index in [4.69, 9.17) is 16.3 Å². The maximum Gasteiger partial charge on any atom is 0.352 e. The number of anilines is 3. The zero-order valence-corrected chi connectivity index (χ0v) is 26.6. The van der Waals surface area contributed by atoms with Crippen LogP contribution in [0.15, 0.2) is 46.5 Å². The van der Waals surface area contributed by atoms with Crippen LogP contribution in [0.2, 0.25) is 0 Å². The van der Waals surface area contributed by atoms with Crippen LogP contribution in [0.3, 0.4) is 0 Å². The number of carbonyl (C=O) groups is 4. The van der Waals surface area contributed by atoms with Gasteiger partial charge >= 0.3 is 11.9 Å². The molecule has 7 N–H and O–H groups in total. The minimum absolute atomic E-state index is 0.0835. The molecular weight excluding hydrogens is 624 g/mol. The van der Waals surface area contributed by atoms with Gasteiger partial charge in [0.05, 0.1) is 11.3 Å². The van der Waals surface area contributed by atoms with Gasteiger partial charge in [-0.05, 0) is 36.9 Å². The van der Waals surface area contributed by atoms with Gasteiger partial charge in [-0.15, -0.1) is 23.1 Å². The SMILES string of the molecule is CCCCNc1c[n+](C/C=C/C2=C(C(=O)O)N3C(=O)[C@@H](CC(=O)/C(=N\OC(C)(C)C(=O)O)c4csc(N)n4)C3SC2)cnc1N. The molecule has 45 heavy (non-hydrogen) atoms. The molecule has 2 atom stereocenters. The first-order valence-electron chi connectivity index (χ1n) is 14.0. The average Bonchev–Trinajstić information content (AvgIpc) is 3.42. The topological polar surface area (TPSA) is 227 Å². The number of hydrogen-bond donors (Lipinski definition) is 5. The molecular formula is C28H35N8O7S2+. The molecule has 17 heteroatoms. The Morgan fingerprint density at radius 3 is 2.71 bits per heavy atom. The zero-order chi connectivity index (χ0) is 32.9. The molecule has 2 aliphatic heterocycles. The maximum atomic E-state index is 13.4. The van der Waals surface area contributed by atoms with Crippen LogP contribution in [-0.4, -0.2) is 77.7 Å². The number of nitrogens with zero attached hydrogens (tertiary/aromatic N) is 5. The number of aliphatic carboxylic acids is 2.